The van der Waals surface area contributed by atoms with Crippen molar-refractivity contribution in [1.29, 1.82) is 0 Å². The number of amides is 1. The molecule has 1 aromatic carbocycles. The molecule has 1 amide bonds. The summed E-state index contributed by atoms with van der Waals surface area (Å²) in [5.74, 6) is 0.175. The van der Waals surface area contributed by atoms with Crippen molar-refractivity contribution in [1.82, 2.24) is 19.7 Å². The summed E-state index contributed by atoms with van der Waals surface area (Å²) in [6.07, 6.45) is 11.2. The number of rotatable bonds is 4. The minimum absolute atomic E-state index is 0.00832. The monoisotopic (exact) mass is 430 g/mol. The van der Waals surface area contributed by atoms with E-state index in [4.69, 9.17) is 16.7 Å². The Kier molecular flexibility index (Phi) is 5.20. The molecule has 2 aromatic heterocycles. The van der Waals surface area contributed by atoms with Gasteiger partial charge < -0.3 is 4.90 Å². The predicted molar refractivity (Wildman–Crippen MR) is 121 cm³/mol. The van der Waals surface area contributed by atoms with Crippen molar-refractivity contribution >= 4 is 17.5 Å². The number of allylic oxidation sites excluding steroid dienone is 4. The molecule has 0 N–H and O–H groups in total. The van der Waals surface area contributed by atoms with Gasteiger partial charge in [0.1, 0.15) is 0 Å². The first-order valence-electron chi connectivity index (χ1n) is 10.6. The van der Waals surface area contributed by atoms with Crippen molar-refractivity contribution in [3.05, 3.63) is 100 Å². The van der Waals surface area contributed by atoms with Crippen molar-refractivity contribution < 1.29 is 4.79 Å². The van der Waals surface area contributed by atoms with Crippen LogP contribution in [0.4, 0.5) is 0 Å². The van der Waals surface area contributed by atoms with Crippen LogP contribution < -0.4 is 0 Å². The van der Waals surface area contributed by atoms with Crippen LogP contribution in [0.25, 0.3) is 5.69 Å². The summed E-state index contributed by atoms with van der Waals surface area (Å²) in [5, 5.41) is 5.78. The Morgan fingerprint density at radius 3 is 2.71 bits per heavy atom. The largest absolute Gasteiger partial charge is 0.328 e. The molecule has 1 atom stereocenters. The Labute approximate surface area is 186 Å². The van der Waals surface area contributed by atoms with Crippen LogP contribution in [0.2, 0.25) is 0 Å². The topological polar surface area (TPSA) is 51.0 Å². The molecule has 5 nitrogen and oxygen atoms in total. The van der Waals surface area contributed by atoms with Crippen LogP contribution in [-0.4, -0.2) is 25.6 Å². The number of pyridine rings is 1. The Morgan fingerprint density at radius 1 is 1.16 bits per heavy atom. The van der Waals surface area contributed by atoms with Crippen LogP contribution in [-0.2, 0) is 19.5 Å². The lowest BCUT2D eigenvalue weighted by Gasteiger charge is -2.21. The normalized spacial score (nSPS) is 17.5. The maximum absolute atomic E-state index is 13.0. The van der Waals surface area contributed by atoms with Gasteiger partial charge in [-0.3, -0.25) is 9.78 Å². The first-order chi connectivity index (χ1) is 15.2. The summed E-state index contributed by atoms with van der Waals surface area (Å²) >= 11 is 6.19. The quantitative estimate of drug-likeness (QED) is 0.575. The van der Waals surface area contributed by atoms with E-state index in [-0.39, 0.29) is 11.8 Å². The number of aromatic nitrogens is 3. The fourth-order valence-corrected chi connectivity index (χ4v) is 4.60. The third-order valence-corrected chi connectivity index (χ3v) is 6.30. The minimum Gasteiger partial charge on any atom is -0.328 e. The van der Waals surface area contributed by atoms with Crippen LogP contribution in [0.3, 0.4) is 0 Å². The zero-order valence-electron chi connectivity index (χ0n) is 17.3. The van der Waals surface area contributed by atoms with E-state index in [1.165, 1.54) is 5.56 Å². The lowest BCUT2D eigenvalue weighted by atomic mass is 9.93. The second-order valence-electron chi connectivity index (χ2n) is 7.89. The maximum atomic E-state index is 13.0. The number of carbonyl (C=O) groups excluding carboxylic acids is 1. The molecule has 156 valence electrons. The Hall–Kier alpha value is -3.18. The molecule has 6 heteroatoms. The van der Waals surface area contributed by atoms with E-state index in [1.54, 1.807) is 24.5 Å². The summed E-state index contributed by atoms with van der Waals surface area (Å²) in [6.45, 7) is 3.23. The molecule has 3 heterocycles. The molecule has 1 unspecified atom stereocenters. The highest BCUT2D eigenvalue weighted by Gasteiger charge is 2.33. The second-order valence-corrected chi connectivity index (χ2v) is 8.33. The fraction of sp³-hybridized carbons (Fsp3) is 0.240. The highest BCUT2D eigenvalue weighted by atomic mass is 35.5. The van der Waals surface area contributed by atoms with Crippen molar-refractivity contribution in [3.63, 3.8) is 0 Å². The number of nitrogens with zero attached hydrogens (tertiary/aromatic N) is 4. The van der Waals surface area contributed by atoms with Gasteiger partial charge in [0.05, 0.1) is 30.2 Å². The van der Waals surface area contributed by atoms with Crippen LogP contribution in [0.15, 0.2) is 72.1 Å². The van der Waals surface area contributed by atoms with Crippen LogP contribution >= 0.6 is 11.6 Å². The maximum Gasteiger partial charge on any atom is 0.254 e. The van der Waals surface area contributed by atoms with E-state index in [2.05, 4.69) is 53.0 Å². The zero-order valence-corrected chi connectivity index (χ0v) is 18.1. The number of hydrogen-bond donors (Lipinski definition) is 0. The Morgan fingerprint density at radius 2 is 1.97 bits per heavy atom. The van der Waals surface area contributed by atoms with Crippen molar-refractivity contribution in [2.45, 2.75) is 38.8 Å². The lowest BCUT2D eigenvalue weighted by Crippen LogP contribution is -2.26. The van der Waals surface area contributed by atoms with E-state index in [9.17, 15) is 4.79 Å². The summed E-state index contributed by atoms with van der Waals surface area (Å²) in [6, 6.07) is 11.9. The molecule has 0 saturated carbocycles. The first kappa shape index (κ1) is 19.8. The van der Waals surface area contributed by atoms with E-state index >= 15 is 0 Å². The van der Waals surface area contributed by atoms with Crippen molar-refractivity contribution in [3.8, 4) is 5.69 Å². The summed E-state index contributed by atoms with van der Waals surface area (Å²) < 4.78 is 2.10. The summed E-state index contributed by atoms with van der Waals surface area (Å²) in [7, 11) is 0. The van der Waals surface area contributed by atoms with Gasteiger partial charge in [-0.15, -0.1) is 0 Å². The molecule has 5 rings (SSSR count). The van der Waals surface area contributed by atoms with Gasteiger partial charge in [-0.25, -0.2) is 4.68 Å². The SMILES string of the molecule is CCc1ccccc1-n1nc2c(c1C1C=CC(Cl)=CC1)CN(C(=O)c1ccncc1)C2. The van der Waals surface area contributed by atoms with Gasteiger partial charge in [0.2, 0.25) is 0 Å². The third-order valence-electron chi connectivity index (χ3n) is 6.02. The Bertz CT molecular complexity index is 1200. The molecule has 0 fully saturated rings. The minimum atomic E-state index is 0.00832. The van der Waals surface area contributed by atoms with Gasteiger partial charge in [-0.05, 0) is 42.7 Å². The van der Waals surface area contributed by atoms with Gasteiger partial charge in [-0.1, -0.05) is 48.9 Å². The molecule has 0 radical (unpaired) electrons. The molecule has 31 heavy (non-hydrogen) atoms. The van der Waals surface area contributed by atoms with E-state index in [0.29, 0.717) is 18.7 Å². The molecule has 0 bridgehead atoms. The van der Waals surface area contributed by atoms with E-state index in [0.717, 1.165) is 40.5 Å². The molecule has 3 aromatic rings. The molecule has 1 aliphatic carbocycles. The highest BCUT2D eigenvalue weighted by molar-refractivity contribution is 6.31. The molecular weight excluding hydrogens is 408 g/mol. The number of para-hydroxylation sites is 1. The number of fused-ring (bicyclic) bond motifs is 1. The van der Waals surface area contributed by atoms with Crippen LogP contribution in [0.5, 0.6) is 0 Å². The molecule has 0 saturated heterocycles. The van der Waals surface area contributed by atoms with Crippen LogP contribution in [0, 0.1) is 0 Å². The van der Waals surface area contributed by atoms with Gasteiger partial charge in [-0.2, -0.15) is 5.10 Å². The molecule has 1 aliphatic heterocycles. The van der Waals surface area contributed by atoms with Gasteiger partial charge in [0, 0.05) is 34.5 Å². The van der Waals surface area contributed by atoms with E-state index in [1.807, 2.05) is 11.0 Å². The van der Waals surface area contributed by atoms with Crippen molar-refractivity contribution in [2.24, 2.45) is 0 Å². The lowest BCUT2D eigenvalue weighted by molar-refractivity contribution is 0.0748. The smallest absolute Gasteiger partial charge is 0.254 e. The molecule has 2 aliphatic rings. The molecule has 0 spiro atoms. The summed E-state index contributed by atoms with van der Waals surface area (Å²) in [5.41, 5.74) is 6.28. The van der Waals surface area contributed by atoms with Crippen LogP contribution in [0.1, 0.15) is 52.1 Å². The predicted octanol–water partition coefficient (Wildman–Crippen LogP) is 5.15. The second kappa shape index (κ2) is 8.16. The first-order valence-corrected chi connectivity index (χ1v) is 11.0. The zero-order chi connectivity index (χ0) is 21.4. The van der Waals surface area contributed by atoms with Crippen molar-refractivity contribution in [2.75, 3.05) is 0 Å². The number of aryl methyl sites for hydroxylation is 1. The number of carbonyl (C=O) groups is 1. The number of halogens is 1. The average molecular weight is 431 g/mol. The highest BCUT2D eigenvalue weighted by Crippen LogP contribution is 2.37. The van der Waals surface area contributed by atoms with Gasteiger partial charge >= 0.3 is 0 Å². The third kappa shape index (κ3) is 3.59. The van der Waals surface area contributed by atoms with Gasteiger partial charge in [0.15, 0.2) is 0 Å². The Balaban J connectivity index is 1.56. The standard InChI is InChI=1S/C25H23ClN4O/c1-2-17-5-3-4-6-23(17)30-24(18-7-9-20(26)10-8-18)21-15-29(16-22(21)28-30)25(31)19-11-13-27-14-12-19/h3-7,9-14,18H,2,8,15-16H2,1H3. The van der Waals surface area contributed by atoms with Gasteiger partial charge in [0.25, 0.3) is 5.91 Å². The fourth-order valence-electron chi connectivity index (χ4n) is 4.44. The number of hydrogen-bond acceptors (Lipinski definition) is 3. The van der Waals surface area contributed by atoms with E-state index < -0.39 is 0 Å². The number of benzene rings is 1. The average Bonchev–Trinajstić information content (AvgIpc) is 3.38. The molecular formula is C25H23ClN4O. The summed E-state index contributed by atoms with van der Waals surface area (Å²) in [4.78, 5) is 18.9.